The highest BCUT2D eigenvalue weighted by Gasteiger charge is 2.07. The molecule has 1 unspecified atom stereocenters. The van der Waals surface area contributed by atoms with Gasteiger partial charge in [0.25, 0.3) is 0 Å². The molecule has 0 saturated heterocycles. The molecule has 1 N–H and O–H groups in total. The number of hydrogen-bond donors (Lipinski definition) is 1. The van der Waals surface area contributed by atoms with Crippen LogP contribution in [0.5, 0.6) is 0 Å². The van der Waals surface area contributed by atoms with Gasteiger partial charge in [-0.3, -0.25) is 4.98 Å². The van der Waals surface area contributed by atoms with Crippen LogP contribution in [-0.4, -0.2) is 21.0 Å². The molecule has 4 nitrogen and oxygen atoms in total. The van der Waals surface area contributed by atoms with Gasteiger partial charge in [-0.05, 0) is 32.4 Å². The standard InChI is InChI=1S/C15H20N4/c1-4-6-11(2)17-14-9-12(3)18-15(19-14)13-7-5-8-16-10-13/h5,7-11H,4,6H2,1-3H3,(H,17,18,19). The van der Waals surface area contributed by atoms with Crippen molar-refractivity contribution in [3.8, 4) is 11.4 Å². The van der Waals surface area contributed by atoms with Gasteiger partial charge in [-0.25, -0.2) is 9.97 Å². The van der Waals surface area contributed by atoms with Gasteiger partial charge in [-0.1, -0.05) is 13.3 Å². The molecule has 0 aromatic carbocycles. The Kier molecular flexibility index (Phi) is 4.44. The normalized spacial score (nSPS) is 12.2. The Morgan fingerprint density at radius 1 is 1.32 bits per heavy atom. The highest BCUT2D eigenvalue weighted by Crippen LogP contribution is 2.17. The van der Waals surface area contributed by atoms with E-state index in [0.717, 1.165) is 35.7 Å². The molecule has 0 aliphatic rings. The number of anilines is 1. The first-order valence-corrected chi connectivity index (χ1v) is 6.71. The lowest BCUT2D eigenvalue weighted by Crippen LogP contribution is -2.16. The van der Waals surface area contributed by atoms with Crippen LogP contribution in [0.3, 0.4) is 0 Å². The minimum absolute atomic E-state index is 0.418. The van der Waals surface area contributed by atoms with Crippen LogP contribution in [0.1, 0.15) is 32.4 Å². The van der Waals surface area contributed by atoms with Crippen LogP contribution in [0.4, 0.5) is 5.82 Å². The van der Waals surface area contributed by atoms with Crippen molar-refractivity contribution in [1.82, 2.24) is 15.0 Å². The highest BCUT2D eigenvalue weighted by molar-refractivity contribution is 5.56. The van der Waals surface area contributed by atoms with E-state index in [2.05, 4.69) is 34.1 Å². The first-order valence-electron chi connectivity index (χ1n) is 6.71. The topological polar surface area (TPSA) is 50.7 Å². The van der Waals surface area contributed by atoms with E-state index in [1.165, 1.54) is 0 Å². The predicted molar refractivity (Wildman–Crippen MR) is 78.0 cm³/mol. The van der Waals surface area contributed by atoms with Gasteiger partial charge in [0.1, 0.15) is 5.82 Å². The Morgan fingerprint density at radius 3 is 2.84 bits per heavy atom. The maximum absolute atomic E-state index is 4.56. The number of nitrogens with one attached hydrogen (secondary N) is 1. The summed E-state index contributed by atoms with van der Waals surface area (Å²) in [5.41, 5.74) is 1.90. The monoisotopic (exact) mass is 256 g/mol. The number of aryl methyl sites for hydroxylation is 1. The fourth-order valence-corrected chi connectivity index (χ4v) is 2.02. The first kappa shape index (κ1) is 13.5. The SMILES string of the molecule is CCCC(C)Nc1cc(C)nc(-c2cccnc2)n1. The highest BCUT2D eigenvalue weighted by atomic mass is 15.0. The van der Waals surface area contributed by atoms with Crippen molar-refractivity contribution < 1.29 is 0 Å². The fourth-order valence-electron chi connectivity index (χ4n) is 2.02. The third-order valence-electron chi connectivity index (χ3n) is 2.89. The Labute approximate surface area is 114 Å². The van der Waals surface area contributed by atoms with Crippen molar-refractivity contribution in [3.63, 3.8) is 0 Å². The molecule has 0 radical (unpaired) electrons. The minimum Gasteiger partial charge on any atom is -0.367 e. The minimum atomic E-state index is 0.418. The molecule has 0 spiro atoms. The summed E-state index contributed by atoms with van der Waals surface area (Å²) >= 11 is 0. The van der Waals surface area contributed by atoms with E-state index in [1.807, 2.05) is 25.1 Å². The molecular formula is C15H20N4. The number of hydrogen-bond acceptors (Lipinski definition) is 4. The van der Waals surface area contributed by atoms with Crippen LogP contribution in [0.2, 0.25) is 0 Å². The maximum Gasteiger partial charge on any atom is 0.163 e. The van der Waals surface area contributed by atoms with Crippen LogP contribution >= 0.6 is 0 Å². The molecule has 2 rings (SSSR count). The summed E-state index contributed by atoms with van der Waals surface area (Å²) in [6, 6.07) is 6.27. The molecule has 19 heavy (non-hydrogen) atoms. The Balaban J connectivity index is 2.25. The molecule has 2 heterocycles. The van der Waals surface area contributed by atoms with Crippen LogP contribution in [-0.2, 0) is 0 Å². The van der Waals surface area contributed by atoms with Crippen molar-refractivity contribution in [2.75, 3.05) is 5.32 Å². The second-order valence-corrected chi connectivity index (χ2v) is 4.79. The van der Waals surface area contributed by atoms with E-state index >= 15 is 0 Å². The van der Waals surface area contributed by atoms with Gasteiger partial charge in [-0.15, -0.1) is 0 Å². The fraction of sp³-hybridized carbons (Fsp3) is 0.400. The molecule has 0 amide bonds. The molecule has 0 bridgehead atoms. The zero-order valence-corrected chi connectivity index (χ0v) is 11.7. The zero-order valence-electron chi connectivity index (χ0n) is 11.7. The zero-order chi connectivity index (χ0) is 13.7. The lowest BCUT2D eigenvalue weighted by molar-refractivity contribution is 0.687. The second kappa shape index (κ2) is 6.27. The predicted octanol–water partition coefficient (Wildman–Crippen LogP) is 3.45. The lowest BCUT2D eigenvalue weighted by atomic mass is 10.2. The van der Waals surface area contributed by atoms with Crippen molar-refractivity contribution in [3.05, 3.63) is 36.3 Å². The van der Waals surface area contributed by atoms with Gasteiger partial charge in [0.2, 0.25) is 0 Å². The summed E-state index contributed by atoms with van der Waals surface area (Å²) in [7, 11) is 0. The lowest BCUT2D eigenvalue weighted by Gasteiger charge is -2.14. The third-order valence-corrected chi connectivity index (χ3v) is 2.89. The summed E-state index contributed by atoms with van der Waals surface area (Å²) in [5, 5.41) is 3.42. The molecule has 0 aliphatic carbocycles. The van der Waals surface area contributed by atoms with Crippen LogP contribution in [0.15, 0.2) is 30.6 Å². The molecular weight excluding hydrogens is 236 g/mol. The number of pyridine rings is 1. The van der Waals surface area contributed by atoms with E-state index in [0.29, 0.717) is 6.04 Å². The molecule has 2 aromatic heterocycles. The summed E-state index contributed by atoms with van der Waals surface area (Å²) < 4.78 is 0. The van der Waals surface area contributed by atoms with Gasteiger partial charge in [0.15, 0.2) is 5.82 Å². The van der Waals surface area contributed by atoms with Gasteiger partial charge in [0, 0.05) is 35.8 Å². The van der Waals surface area contributed by atoms with Crippen LogP contribution in [0.25, 0.3) is 11.4 Å². The maximum atomic E-state index is 4.56. The second-order valence-electron chi connectivity index (χ2n) is 4.79. The summed E-state index contributed by atoms with van der Waals surface area (Å²) in [4.78, 5) is 13.1. The number of rotatable bonds is 5. The Morgan fingerprint density at radius 2 is 2.16 bits per heavy atom. The summed E-state index contributed by atoms with van der Waals surface area (Å²) in [6.07, 6.45) is 5.83. The van der Waals surface area contributed by atoms with E-state index in [1.54, 1.807) is 12.4 Å². The average molecular weight is 256 g/mol. The van der Waals surface area contributed by atoms with Crippen molar-refractivity contribution in [1.29, 1.82) is 0 Å². The molecule has 100 valence electrons. The number of aromatic nitrogens is 3. The summed E-state index contributed by atoms with van der Waals surface area (Å²) in [5.74, 6) is 1.60. The molecule has 0 saturated carbocycles. The Bertz CT molecular complexity index is 525. The van der Waals surface area contributed by atoms with E-state index in [-0.39, 0.29) is 0 Å². The quantitative estimate of drug-likeness (QED) is 0.890. The van der Waals surface area contributed by atoms with E-state index in [4.69, 9.17) is 0 Å². The van der Waals surface area contributed by atoms with E-state index < -0.39 is 0 Å². The van der Waals surface area contributed by atoms with Crippen molar-refractivity contribution in [2.24, 2.45) is 0 Å². The smallest absolute Gasteiger partial charge is 0.163 e. The Hall–Kier alpha value is -1.97. The van der Waals surface area contributed by atoms with Gasteiger partial charge in [-0.2, -0.15) is 0 Å². The largest absolute Gasteiger partial charge is 0.367 e. The first-order chi connectivity index (χ1) is 9.19. The third kappa shape index (κ3) is 3.74. The average Bonchev–Trinajstić information content (AvgIpc) is 2.39. The van der Waals surface area contributed by atoms with Gasteiger partial charge < -0.3 is 5.32 Å². The van der Waals surface area contributed by atoms with Crippen LogP contribution < -0.4 is 5.32 Å². The van der Waals surface area contributed by atoms with Gasteiger partial charge >= 0.3 is 0 Å². The van der Waals surface area contributed by atoms with Gasteiger partial charge in [0.05, 0.1) is 0 Å². The molecule has 2 aromatic rings. The van der Waals surface area contributed by atoms with Crippen molar-refractivity contribution >= 4 is 5.82 Å². The molecule has 0 aliphatic heterocycles. The number of nitrogens with zero attached hydrogens (tertiary/aromatic N) is 3. The molecule has 1 atom stereocenters. The van der Waals surface area contributed by atoms with E-state index in [9.17, 15) is 0 Å². The molecule has 0 fully saturated rings. The molecule has 4 heteroatoms. The van der Waals surface area contributed by atoms with Crippen molar-refractivity contribution in [2.45, 2.75) is 39.7 Å². The summed E-state index contributed by atoms with van der Waals surface area (Å²) in [6.45, 7) is 6.34. The van der Waals surface area contributed by atoms with Crippen LogP contribution in [0, 0.1) is 6.92 Å².